The number of carbonyl (C=O) groups excluding carboxylic acids is 1. The highest BCUT2D eigenvalue weighted by atomic mass is 16.5. The molecule has 1 saturated heterocycles. The van der Waals surface area contributed by atoms with E-state index in [1.165, 1.54) is 0 Å². The molecule has 2 aromatic rings. The first-order valence-electron chi connectivity index (χ1n) is 11.9. The summed E-state index contributed by atoms with van der Waals surface area (Å²) >= 11 is 0. The molecule has 0 bridgehead atoms. The molecule has 1 aliphatic heterocycles. The Morgan fingerprint density at radius 1 is 1.09 bits per heavy atom. The fourth-order valence-corrected chi connectivity index (χ4v) is 5.83. The smallest absolute Gasteiger partial charge is 0.238 e. The van der Waals surface area contributed by atoms with Gasteiger partial charge in [0.2, 0.25) is 5.91 Å². The Hall–Kier alpha value is -2.57. The molecule has 1 saturated carbocycles. The largest absolute Gasteiger partial charge is 0.497 e. The average Bonchev–Trinajstić information content (AvgIpc) is 2.78. The number of anilines is 1. The summed E-state index contributed by atoms with van der Waals surface area (Å²) in [5, 5.41) is 14.6. The van der Waals surface area contributed by atoms with E-state index in [1.807, 2.05) is 44.2 Å². The van der Waals surface area contributed by atoms with E-state index in [0.717, 1.165) is 59.6 Å². The van der Waals surface area contributed by atoms with Gasteiger partial charge in [0.1, 0.15) is 11.5 Å². The Balaban J connectivity index is 1.63. The van der Waals surface area contributed by atoms with Crippen molar-refractivity contribution in [3.63, 3.8) is 0 Å². The zero-order chi connectivity index (χ0) is 23.6. The summed E-state index contributed by atoms with van der Waals surface area (Å²) < 4.78 is 11.1. The fourth-order valence-electron chi connectivity index (χ4n) is 5.83. The number of hydrogen-bond donors (Lipinski definition) is 2. The van der Waals surface area contributed by atoms with Crippen molar-refractivity contribution in [2.75, 3.05) is 32.6 Å². The molecular formula is C27H36N2O4. The summed E-state index contributed by atoms with van der Waals surface area (Å²) in [4.78, 5) is 15.3. The summed E-state index contributed by atoms with van der Waals surface area (Å²) in [6.45, 7) is 4.99. The lowest BCUT2D eigenvalue weighted by molar-refractivity contribution is -0.135. The van der Waals surface area contributed by atoms with Crippen LogP contribution in [0.3, 0.4) is 0 Å². The van der Waals surface area contributed by atoms with Crippen LogP contribution in [0.15, 0.2) is 36.4 Å². The first-order chi connectivity index (χ1) is 15.8. The Bertz CT molecular complexity index is 987. The number of piperidine rings is 1. The Morgan fingerprint density at radius 2 is 1.85 bits per heavy atom. The average molecular weight is 453 g/mol. The van der Waals surface area contributed by atoms with Crippen LogP contribution in [0.25, 0.3) is 0 Å². The van der Waals surface area contributed by atoms with Crippen molar-refractivity contribution in [2.24, 2.45) is 5.92 Å². The standard InChI is InChI=1S/C27H36N2O4/c1-18-13-19(2)15-20(14-18)28-25(30)17-29-12-11-27(31)10-6-5-7-23(27)26(29)22-9-8-21(32-3)16-24(22)33-4/h8-9,13-16,23,26,31H,5-7,10-12,17H2,1-4H3,(H,28,30)/t23-,26-,27-/m0/s1. The van der Waals surface area contributed by atoms with Crippen LogP contribution in [0.4, 0.5) is 5.69 Å². The van der Waals surface area contributed by atoms with E-state index in [1.54, 1.807) is 14.2 Å². The SMILES string of the molecule is COc1ccc([C@H]2[C@@H]3CCCC[C@]3(O)CCN2CC(=O)Nc2cc(C)cc(C)c2)c(OC)c1. The van der Waals surface area contributed by atoms with Crippen LogP contribution in [0.1, 0.15) is 54.8 Å². The van der Waals surface area contributed by atoms with E-state index < -0.39 is 5.60 Å². The first-order valence-corrected chi connectivity index (χ1v) is 11.9. The van der Waals surface area contributed by atoms with Gasteiger partial charge in [0.25, 0.3) is 0 Å². The monoisotopic (exact) mass is 452 g/mol. The lowest BCUT2D eigenvalue weighted by Crippen LogP contribution is -2.56. The third kappa shape index (κ3) is 5.02. The van der Waals surface area contributed by atoms with Gasteiger partial charge in [0, 0.05) is 35.8 Å². The lowest BCUT2D eigenvalue weighted by atomic mass is 9.66. The number of amides is 1. The van der Waals surface area contributed by atoms with Crippen LogP contribution in [0, 0.1) is 19.8 Å². The number of fused-ring (bicyclic) bond motifs is 1. The van der Waals surface area contributed by atoms with Gasteiger partial charge in [-0.3, -0.25) is 9.69 Å². The number of benzene rings is 2. The number of aliphatic hydroxyl groups is 1. The zero-order valence-electron chi connectivity index (χ0n) is 20.2. The molecular weight excluding hydrogens is 416 g/mol. The highest BCUT2D eigenvalue weighted by Crippen LogP contribution is 2.51. The van der Waals surface area contributed by atoms with Crippen LogP contribution in [-0.4, -0.2) is 48.8 Å². The van der Waals surface area contributed by atoms with Crippen molar-refractivity contribution in [1.82, 2.24) is 4.90 Å². The van der Waals surface area contributed by atoms with Crippen molar-refractivity contribution in [2.45, 2.75) is 57.6 Å². The summed E-state index contributed by atoms with van der Waals surface area (Å²) in [6, 6.07) is 11.8. The number of nitrogens with zero attached hydrogens (tertiary/aromatic N) is 1. The topological polar surface area (TPSA) is 71.0 Å². The van der Waals surface area contributed by atoms with Gasteiger partial charge in [-0.2, -0.15) is 0 Å². The van der Waals surface area contributed by atoms with E-state index >= 15 is 0 Å². The van der Waals surface area contributed by atoms with Gasteiger partial charge in [0.05, 0.1) is 26.4 Å². The van der Waals surface area contributed by atoms with Crippen molar-refractivity contribution in [1.29, 1.82) is 0 Å². The van der Waals surface area contributed by atoms with E-state index in [2.05, 4.69) is 16.3 Å². The summed E-state index contributed by atoms with van der Waals surface area (Å²) in [5.41, 5.74) is 3.37. The highest BCUT2D eigenvalue weighted by Gasteiger charge is 2.49. The minimum atomic E-state index is -0.700. The molecule has 1 heterocycles. The van der Waals surface area contributed by atoms with E-state index in [9.17, 15) is 9.90 Å². The maximum absolute atomic E-state index is 13.1. The second-order valence-electron chi connectivity index (χ2n) is 9.65. The second kappa shape index (κ2) is 9.74. The van der Waals surface area contributed by atoms with Gasteiger partial charge in [-0.1, -0.05) is 25.0 Å². The van der Waals surface area contributed by atoms with Gasteiger partial charge >= 0.3 is 0 Å². The predicted octanol–water partition coefficient (Wildman–Crippen LogP) is 4.63. The molecule has 2 N–H and O–H groups in total. The quantitative estimate of drug-likeness (QED) is 0.669. The molecule has 6 heteroatoms. The number of carbonyl (C=O) groups is 1. The normalized spacial score (nSPS) is 25.2. The number of methoxy groups -OCH3 is 2. The molecule has 0 radical (unpaired) electrons. The van der Waals surface area contributed by atoms with Crippen molar-refractivity contribution in [3.05, 3.63) is 53.1 Å². The molecule has 2 aromatic carbocycles. The minimum Gasteiger partial charge on any atom is -0.497 e. The van der Waals surface area contributed by atoms with Gasteiger partial charge in [-0.05, 0) is 62.4 Å². The van der Waals surface area contributed by atoms with Gasteiger partial charge in [-0.25, -0.2) is 0 Å². The molecule has 0 spiro atoms. The lowest BCUT2D eigenvalue weighted by Gasteiger charge is -2.52. The Morgan fingerprint density at radius 3 is 2.55 bits per heavy atom. The highest BCUT2D eigenvalue weighted by molar-refractivity contribution is 5.92. The van der Waals surface area contributed by atoms with Crippen molar-refractivity contribution in [3.8, 4) is 11.5 Å². The number of nitrogens with one attached hydrogen (secondary N) is 1. The number of rotatable bonds is 6. The third-order valence-corrected chi connectivity index (χ3v) is 7.28. The Kier molecular flexibility index (Phi) is 6.96. The molecule has 2 fully saturated rings. The summed E-state index contributed by atoms with van der Waals surface area (Å²) in [7, 11) is 3.30. The number of hydrogen-bond acceptors (Lipinski definition) is 5. The predicted molar refractivity (Wildman–Crippen MR) is 130 cm³/mol. The van der Waals surface area contributed by atoms with Crippen molar-refractivity contribution < 1.29 is 19.4 Å². The maximum atomic E-state index is 13.1. The van der Waals surface area contributed by atoms with E-state index in [0.29, 0.717) is 13.0 Å². The number of aryl methyl sites for hydroxylation is 2. The van der Waals surface area contributed by atoms with Crippen LogP contribution in [0.2, 0.25) is 0 Å². The molecule has 4 rings (SSSR count). The fraction of sp³-hybridized carbons (Fsp3) is 0.519. The summed E-state index contributed by atoms with van der Waals surface area (Å²) in [6.07, 6.45) is 4.57. The van der Waals surface area contributed by atoms with Crippen LogP contribution in [0.5, 0.6) is 11.5 Å². The molecule has 0 aromatic heterocycles. The van der Waals surface area contributed by atoms with E-state index in [4.69, 9.17) is 9.47 Å². The van der Waals surface area contributed by atoms with Crippen LogP contribution in [-0.2, 0) is 4.79 Å². The van der Waals surface area contributed by atoms with Gasteiger partial charge in [0.15, 0.2) is 0 Å². The minimum absolute atomic E-state index is 0.0428. The maximum Gasteiger partial charge on any atom is 0.238 e. The second-order valence-corrected chi connectivity index (χ2v) is 9.65. The molecule has 0 unspecified atom stereocenters. The molecule has 2 aliphatic rings. The van der Waals surface area contributed by atoms with Gasteiger partial charge in [-0.15, -0.1) is 0 Å². The van der Waals surface area contributed by atoms with Crippen LogP contribution < -0.4 is 14.8 Å². The molecule has 6 nitrogen and oxygen atoms in total. The molecule has 33 heavy (non-hydrogen) atoms. The zero-order valence-corrected chi connectivity index (χ0v) is 20.2. The summed E-state index contributed by atoms with van der Waals surface area (Å²) in [5.74, 6) is 1.47. The van der Waals surface area contributed by atoms with Crippen molar-refractivity contribution >= 4 is 11.6 Å². The van der Waals surface area contributed by atoms with Gasteiger partial charge < -0.3 is 19.9 Å². The molecule has 178 valence electrons. The molecule has 1 aliphatic carbocycles. The molecule has 3 atom stereocenters. The Labute approximate surface area is 196 Å². The first kappa shape index (κ1) is 23.6. The van der Waals surface area contributed by atoms with Crippen LogP contribution >= 0.6 is 0 Å². The number of likely N-dealkylation sites (tertiary alicyclic amines) is 1. The third-order valence-electron chi connectivity index (χ3n) is 7.28. The molecule has 1 amide bonds. The number of ether oxygens (including phenoxy) is 2. The van der Waals surface area contributed by atoms with E-state index in [-0.39, 0.29) is 24.4 Å².